The van der Waals surface area contributed by atoms with Crippen LogP contribution < -0.4 is 5.73 Å². The largest absolute Gasteiger partial charge is 0.383 e. The topological polar surface area (TPSA) is 91.4 Å². The maximum absolute atomic E-state index is 9.65. The van der Waals surface area contributed by atoms with Crippen LogP contribution in [0.5, 0.6) is 0 Å². The van der Waals surface area contributed by atoms with Crippen LogP contribution >= 0.6 is 0 Å². The number of nitriles is 1. The second-order valence-corrected chi connectivity index (χ2v) is 6.52. The van der Waals surface area contributed by atoms with E-state index in [1.54, 1.807) is 6.20 Å². The lowest BCUT2D eigenvalue weighted by Gasteiger charge is -2.27. The average Bonchev–Trinajstić information content (AvgIpc) is 3.07. The molecule has 5 heteroatoms. The van der Waals surface area contributed by atoms with Gasteiger partial charge < -0.3 is 10.7 Å². The van der Waals surface area contributed by atoms with Gasteiger partial charge in [-0.3, -0.25) is 0 Å². The molecule has 4 rings (SSSR count). The number of nitrogens with one attached hydrogen (secondary N) is 1. The highest BCUT2D eigenvalue weighted by molar-refractivity contribution is 5.77. The summed E-state index contributed by atoms with van der Waals surface area (Å²) in [6.07, 6.45) is 4.54. The first-order valence-electron chi connectivity index (χ1n) is 8.45. The summed E-state index contributed by atoms with van der Waals surface area (Å²) in [6.45, 7) is 1.90. The first-order chi connectivity index (χ1) is 12.2. The van der Waals surface area contributed by atoms with Crippen LogP contribution in [0.4, 0.5) is 5.82 Å². The van der Waals surface area contributed by atoms with Gasteiger partial charge in [0.15, 0.2) is 0 Å². The van der Waals surface area contributed by atoms with Gasteiger partial charge in [0, 0.05) is 11.3 Å². The second-order valence-electron chi connectivity index (χ2n) is 6.52. The standard InChI is InChI=1S/C20H19N5/c1-12-23-11-18(24-12)19-15-9-14(13-5-3-2-4-6-13)7-8-17(15)25-20(22)16(19)10-21/h2-6,11,14H,7-9H2,1H3,(H2,22,25)(H,23,24)/t14-/m0/s1. The summed E-state index contributed by atoms with van der Waals surface area (Å²) < 4.78 is 0. The van der Waals surface area contributed by atoms with Crippen molar-refractivity contribution in [2.45, 2.75) is 32.1 Å². The number of rotatable bonds is 2. The Morgan fingerprint density at radius 3 is 2.76 bits per heavy atom. The number of nitrogen functional groups attached to an aromatic ring is 1. The lowest BCUT2D eigenvalue weighted by molar-refractivity contribution is 0.575. The molecule has 1 aliphatic rings. The molecule has 5 nitrogen and oxygen atoms in total. The quantitative estimate of drug-likeness (QED) is 0.752. The monoisotopic (exact) mass is 329 g/mol. The molecule has 0 aliphatic heterocycles. The number of anilines is 1. The minimum Gasteiger partial charge on any atom is -0.383 e. The molecular formula is C20H19N5. The number of hydrogen-bond donors (Lipinski definition) is 2. The van der Waals surface area contributed by atoms with Gasteiger partial charge in [-0.15, -0.1) is 0 Å². The average molecular weight is 329 g/mol. The Morgan fingerprint density at radius 1 is 1.28 bits per heavy atom. The summed E-state index contributed by atoms with van der Waals surface area (Å²) >= 11 is 0. The number of pyridine rings is 1. The van der Waals surface area contributed by atoms with E-state index in [0.717, 1.165) is 47.6 Å². The molecule has 1 aromatic carbocycles. The normalized spacial score (nSPS) is 16.2. The van der Waals surface area contributed by atoms with Crippen molar-refractivity contribution in [3.05, 3.63) is 64.7 Å². The maximum Gasteiger partial charge on any atom is 0.142 e. The molecule has 0 saturated carbocycles. The fourth-order valence-electron chi connectivity index (χ4n) is 3.75. The Labute approximate surface area is 146 Å². The molecule has 0 saturated heterocycles. The van der Waals surface area contributed by atoms with E-state index in [9.17, 15) is 5.26 Å². The number of nitrogens with zero attached hydrogens (tertiary/aromatic N) is 3. The van der Waals surface area contributed by atoms with Gasteiger partial charge in [0.25, 0.3) is 0 Å². The highest BCUT2D eigenvalue weighted by atomic mass is 14.9. The third-order valence-electron chi connectivity index (χ3n) is 4.95. The van der Waals surface area contributed by atoms with Crippen LogP contribution in [-0.4, -0.2) is 15.0 Å². The van der Waals surface area contributed by atoms with E-state index in [2.05, 4.69) is 45.3 Å². The van der Waals surface area contributed by atoms with Crippen molar-refractivity contribution in [3.63, 3.8) is 0 Å². The number of H-pyrrole nitrogens is 1. The van der Waals surface area contributed by atoms with E-state index < -0.39 is 0 Å². The van der Waals surface area contributed by atoms with E-state index in [1.165, 1.54) is 5.56 Å². The molecule has 0 bridgehead atoms. The smallest absolute Gasteiger partial charge is 0.142 e. The van der Waals surface area contributed by atoms with E-state index in [0.29, 0.717) is 17.3 Å². The summed E-state index contributed by atoms with van der Waals surface area (Å²) in [7, 11) is 0. The van der Waals surface area contributed by atoms with Crippen LogP contribution in [0.15, 0.2) is 36.5 Å². The molecule has 124 valence electrons. The Bertz CT molecular complexity index is 966. The van der Waals surface area contributed by atoms with Gasteiger partial charge in [0.2, 0.25) is 0 Å². The minimum absolute atomic E-state index is 0.307. The molecule has 25 heavy (non-hydrogen) atoms. The zero-order valence-corrected chi connectivity index (χ0v) is 14.1. The molecule has 2 heterocycles. The summed E-state index contributed by atoms with van der Waals surface area (Å²) in [5.41, 5.74) is 11.7. The van der Waals surface area contributed by atoms with Gasteiger partial charge in [-0.25, -0.2) is 9.97 Å². The van der Waals surface area contributed by atoms with Crippen LogP contribution in [0.2, 0.25) is 0 Å². The molecule has 0 spiro atoms. The Hall–Kier alpha value is -3.13. The molecule has 3 N–H and O–H groups in total. The molecule has 0 amide bonds. The number of hydrogen-bond acceptors (Lipinski definition) is 4. The predicted molar refractivity (Wildman–Crippen MR) is 96.9 cm³/mol. The lowest BCUT2D eigenvalue weighted by Crippen LogP contribution is -2.17. The molecular weight excluding hydrogens is 310 g/mol. The van der Waals surface area contributed by atoms with Crippen molar-refractivity contribution in [2.24, 2.45) is 0 Å². The first-order valence-corrected chi connectivity index (χ1v) is 8.45. The van der Waals surface area contributed by atoms with E-state index in [4.69, 9.17) is 5.73 Å². The molecule has 0 radical (unpaired) electrons. The fraction of sp³-hybridized carbons (Fsp3) is 0.250. The van der Waals surface area contributed by atoms with E-state index >= 15 is 0 Å². The van der Waals surface area contributed by atoms with Crippen LogP contribution in [-0.2, 0) is 12.8 Å². The molecule has 2 aromatic heterocycles. The van der Waals surface area contributed by atoms with Crippen molar-refractivity contribution in [1.82, 2.24) is 15.0 Å². The lowest BCUT2D eigenvalue weighted by atomic mass is 9.79. The SMILES string of the molecule is Cc1ncc(-c2c(C#N)c(N)nc3c2C[C@@H](c2ccccc2)CC3)[nH]1. The van der Waals surface area contributed by atoms with Crippen LogP contribution in [0.25, 0.3) is 11.3 Å². The second kappa shape index (κ2) is 6.06. The van der Waals surface area contributed by atoms with Gasteiger partial charge >= 0.3 is 0 Å². The van der Waals surface area contributed by atoms with Crippen molar-refractivity contribution < 1.29 is 0 Å². The van der Waals surface area contributed by atoms with Crippen molar-refractivity contribution >= 4 is 5.82 Å². The number of imidazole rings is 1. The van der Waals surface area contributed by atoms with Crippen LogP contribution in [0.1, 0.15) is 40.5 Å². The number of aryl methyl sites for hydroxylation is 2. The highest BCUT2D eigenvalue weighted by Gasteiger charge is 2.27. The summed E-state index contributed by atoms with van der Waals surface area (Å²) in [5.74, 6) is 1.55. The fourth-order valence-corrected chi connectivity index (χ4v) is 3.75. The van der Waals surface area contributed by atoms with Gasteiger partial charge in [-0.05, 0) is 43.2 Å². The Kier molecular flexibility index (Phi) is 3.73. The summed E-state index contributed by atoms with van der Waals surface area (Å²) in [5, 5.41) is 9.65. The zero-order valence-electron chi connectivity index (χ0n) is 14.1. The van der Waals surface area contributed by atoms with Crippen molar-refractivity contribution in [3.8, 4) is 17.3 Å². The number of fused-ring (bicyclic) bond motifs is 1. The van der Waals surface area contributed by atoms with Gasteiger partial charge in [0.05, 0.1) is 11.9 Å². The Morgan fingerprint density at radius 2 is 2.08 bits per heavy atom. The molecule has 1 atom stereocenters. The third kappa shape index (κ3) is 2.66. The molecule has 3 aromatic rings. The Balaban J connectivity index is 1.87. The number of benzene rings is 1. The summed E-state index contributed by atoms with van der Waals surface area (Å²) in [4.78, 5) is 12.1. The van der Waals surface area contributed by atoms with Crippen molar-refractivity contribution in [2.75, 3.05) is 5.73 Å². The van der Waals surface area contributed by atoms with Crippen LogP contribution in [0.3, 0.4) is 0 Å². The maximum atomic E-state index is 9.65. The predicted octanol–water partition coefficient (Wildman–Crippen LogP) is 3.51. The third-order valence-corrected chi connectivity index (χ3v) is 4.95. The van der Waals surface area contributed by atoms with Gasteiger partial charge in [-0.1, -0.05) is 30.3 Å². The van der Waals surface area contributed by atoms with Crippen molar-refractivity contribution in [1.29, 1.82) is 5.26 Å². The highest BCUT2D eigenvalue weighted by Crippen LogP contribution is 2.39. The number of nitrogens with two attached hydrogens (primary N) is 1. The number of aromatic amines is 1. The zero-order chi connectivity index (χ0) is 17.4. The first kappa shape index (κ1) is 15.4. The number of aromatic nitrogens is 3. The molecule has 0 fully saturated rings. The van der Waals surface area contributed by atoms with E-state index in [1.807, 2.05) is 13.0 Å². The molecule has 1 aliphatic carbocycles. The minimum atomic E-state index is 0.307. The van der Waals surface area contributed by atoms with E-state index in [-0.39, 0.29) is 0 Å². The summed E-state index contributed by atoms with van der Waals surface area (Å²) in [6, 6.07) is 12.8. The molecule has 0 unspecified atom stereocenters. The van der Waals surface area contributed by atoms with Gasteiger partial charge in [0.1, 0.15) is 23.3 Å². The van der Waals surface area contributed by atoms with Crippen LogP contribution in [0, 0.1) is 18.3 Å². The van der Waals surface area contributed by atoms with Gasteiger partial charge in [-0.2, -0.15) is 5.26 Å².